The first kappa shape index (κ1) is 18.1. The molecule has 0 aliphatic heterocycles. The number of fused-ring (bicyclic) bond motifs is 1. The van der Waals surface area contributed by atoms with Gasteiger partial charge < -0.3 is 14.6 Å². The summed E-state index contributed by atoms with van der Waals surface area (Å²) in [5, 5.41) is 8.42. The summed E-state index contributed by atoms with van der Waals surface area (Å²) in [6.07, 6.45) is 0. The molecule has 6 heteroatoms. The van der Waals surface area contributed by atoms with Crippen LogP contribution >= 0.6 is 11.6 Å². The Labute approximate surface area is 166 Å². The molecule has 0 spiro atoms. The molecule has 0 atom stereocenters. The number of hydrogen-bond acceptors (Lipinski definition) is 4. The number of halogens is 1. The first-order chi connectivity index (χ1) is 13.6. The van der Waals surface area contributed by atoms with Gasteiger partial charge in [0.05, 0.1) is 12.5 Å². The summed E-state index contributed by atoms with van der Waals surface area (Å²) in [5.74, 6) is 1.19. The third kappa shape index (κ3) is 3.70. The molecule has 0 radical (unpaired) electrons. The van der Waals surface area contributed by atoms with Crippen molar-refractivity contribution in [1.82, 2.24) is 10.5 Å². The van der Waals surface area contributed by atoms with Gasteiger partial charge in [-0.15, -0.1) is 0 Å². The van der Waals surface area contributed by atoms with Gasteiger partial charge in [-0.3, -0.25) is 4.79 Å². The van der Waals surface area contributed by atoms with Crippen LogP contribution in [0.2, 0.25) is 5.02 Å². The Bertz CT molecular complexity index is 1140. The van der Waals surface area contributed by atoms with E-state index in [1.807, 2.05) is 36.4 Å². The van der Waals surface area contributed by atoms with Crippen molar-refractivity contribution >= 4 is 28.4 Å². The normalized spacial score (nSPS) is 10.8. The number of benzene rings is 3. The molecule has 1 N–H and O–H groups in total. The van der Waals surface area contributed by atoms with Crippen LogP contribution in [0, 0.1) is 0 Å². The van der Waals surface area contributed by atoms with Crippen molar-refractivity contribution in [3.63, 3.8) is 0 Å². The SMILES string of the molecule is COc1cccc(CNC(=O)c2ccc3noc(-c4ccc(Cl)cc4)c3c2)c1. The van der Waals surface area contributed by atoms with Gasteiger partial charge in [0.25, 0.3) is 5.91 Å². The second-order valence-electron chi connectivity index (χ2n) is 6.28. The third-order valence-electron chi connectivity index (χ3n) is 4.43. The molecule has 1 aromatic heterocycles. The highest BCUT2D eigenvalue weighted by molar-refractivity contribution is 6.30. The number of nitrogens with one attached hydrogen (secondary N) is 1. The number of methoxy groups -OCH3 is 1. The number of rotatable bonds is 5. The molecular formula is C22H17ClN2O3. The average Bonchev–Trinajstić information content (AvgIpc) is 3.16. The highest BCUT2D eigenvalue weighted by Gasteiger charge is 2.14. The van der Waals surface area contributed by atoms with E-state index in [0.29, 0.717) is 28.4 Å². The number of carbonyl (C=O) groups excluding carboxylic acids is 1. The predicted octanol–water partition coefficient (Wildman–Crippen LogP) is 5.09. The van der Waals surface area contributed by atoms with Gasteiger partial charge >= 0.3 is 0 Å². The summed E-state index contributed by atoms with van der Waals surface area (Å²) in [6.45, 7) is 0.405. The lowest BCUT2D eigenvalue weighted by Crippen LogP contribution is -2.22. The summed E-state index contributed by atoms with van der Waals surface area (Å²) in [7, 11) is 1.62. The van der Waals surface area contributed by atoms with Crippen LogP contribution in [0.3, 0.4) is 0 Å². The maximum atomic E-state index is 12.6. The minimum atomic E-state index is -0.173. The molecule has 4 rings (SSSR count). The molecular weight excluding hydrogens is 376 g/mol. The van der Waals surface area contributed by atoms with Crippen LogP contribution in [0.25, 0.3) is 22.2 Å². The second kappa shape index (κ2) is 7.74. The van der Waals surface area contributed by atoms with Crippen molar-refractivity contribution in [3.05, 3.63) is 82.9 Å². The van der Waals surface area contributed by atoms with Crippen molar-refractivity contribution in [2.24, 2.45) is 0 Å². The van der Waals surface area contributed by atoms with Gasteiger partial charge in [0.1, 0.15) is 11.3 Å². The van der Waals surface area contributed by atoms with Crippen LogP contribution in [-0.2, 0) is 6.54 Å². The molecule has 28 heavy (non-hydrogen) atoms. The number of carbonyl (C=O) groups is 1. The Kier molecular flexibility index (Phi) is 5.00. The molecule has 0 aliphatic rings. The quantitative estimate of drug-likeness (QED) is 0.514. The first-order valence-corrected chi connectivity index (χ1v) is 9.08. The van der Waals surface area contributed by atoms with Crippen LogP contribution in [0.15, 0.2) is 71.3 Å². The van der Waals surface area contributed by atoms with Crippen molar-refractivity contribution < 1.29 is 14.1 Å². The van der Waals surface area contributed by atoms with Gasteiger partial charge in [-0.05, 0) is 60.2 Å². The minimum absolute atomic E-state index is 0.173. The van der Waals surface area contributed by atoms with Gasteiger partial charge in [0.2, 0.25) is 0 Å². The first-order valence-electron chi connectivity index (χ1n) is 8.70. The third-order valence-corrected chi connectivity index (χ3v) is 4.68. The lowest BCUT2D eigenvalue weighted by Gasteiger charge is -2.07. The van der Waals surface area contributed by atoms with E-state index >= 15 is 0 Å². The van der Waals surface area contributed by atoms with Crippen molar-refractivity contribution in [3.8, 4) is 17.1 Å². The molecule has 4 aromatic rings. The molecule has 0 aliphatic carbocycles. The zero-order chi connectivity index (χ0) is 19.5. The number of hydrogen-bond donors (Lipinski definition) is 1. The highest BCUT2D eigenvalue weighted by atomic mass is 35.5. The Balaban J connectivity index is 1.57. The molecule has 0 unspecified atom stereocenters. The highest BCUT2D eigenvalue weighted by Crippen LogP contribution is 2.30. The fourth-order valence-corrected chi connectivity index (χ4v) is 3.09. The van der Waals surface area contributed by atoms with Gasteiger partial charge in [-0.1, -0.05) is 28.9 Å². The van der Waals surface area contributed by atoms with Gasteiger partial charge in [0, 0.05) is 22.7 Å². The summed E-state index contributed by atoms with van der Waals surface area (Å²) >= 11 is 5.96. The maximum Gasteiger partial charge on any atom is 0.251 e. The molecule has 5 nitrogen and oxygen atoms in total. The second-order valence-corrected chi connectivity index (χ2v) is 6.72. The van der Waals surface area contributed by atoms with E-state index < -0.39 is 0 Å². The van der Waals surface area contributed by atoms with Crippen molar-refractivity contribution in [1.29, 1.82) is 0 Å². The smallest absolute Gasteiger partial charge is 0.251 e. The number of amides is 1. The number of nitrogens with zero attached hydrogens (tertiary/aromatic N) is 1. The Morgan fingerprint density at radius 1 is 1.11 bits per heavy atom. The maximum absolute atomic E-state index is 12.6. The summed E-state index contributed by atoms with van der Waals surface area (Å²) < 4.78 is 10.7. The van der Waals surface area contributed by atoms with Gasteiger partial charge in [0.15, 0.2) is 5.76 Å². The molecule has 0 fully saturated rings. The molecule has 0 saturated carbocycles. The summed E-state index contributed by atoms with van der Waals surface area (Å²) in [5.41, 5.74) is 3.03. The standard InChI is InChI=1S/C22H17ClN2O3/c1-27-18-4-2-3-14(11-18)13-24-22(26)16-7-10-20-19(12-16)21(28-25-20)15-5-8-17(23)9-6-15/h2-12H,13H2,1H3,(H,24,26). The Morgan fingerprint density at radius 3 is 2.71 bits per heavy atom. The number of aromatic nitrogens is 1. The van der Waals surface area contributed by atoms with E-state index in [9.17, 15) is 4.79 Å². The van der Waals surface area contributed by atoms with E-state index in [0.717, 1.165) is 22.3 Å². The van der Waals surface area contributed by atoms with E-state index in [1.165, 1.54) is 0 Å². The molecule has 0 saturated heterocycles. The lowest BCUT2D eigenvalue weighted by molar-refractivity contribution is 0.0951. The van der Waals surface area contributed by atoms with Crippen LogP contribution in [-0.4, -0.2) is 18.2 Å². The lowest BCUT2D eigenvalue weighted by atomic mass is 10.1. The fraction of sp³-hybridized carbons (Fsp3) is 0.0909. The largest absolute Gasteiger partial charge is 0.497 e. The van der Waals surface area contributed by atoms with Crippen LogP contribution in [0.5, 0.6) is 5.75 Å². The van der Waals surface area contributed by atoms with Crippen LogP contribution in [0.4, 0.5) is 0 Å². The fourth-order valence-electron chi connectivity index (χ4n) is 2.96. The van der Waals surface area contributed by atoms with Gasteiger partial charge in [-0.25, -0.2) is 0 Å². The topological polar surface area (TPSA) is 64.4 Å². The van der Waals surface area contributed by atoms with Crippen molar-refractivity contribution in [2.45, 2.75) is 6.54 Å². The van der Waals surface area contributed by atoms with Crippen LogP contribution < -0.4 is 10.1 Å². The average molecular weight is 393 g/mol. The molecule has 3 aromatic carbocycles. The summed E-state index contributed by atoms with van der Waals surface area (Å²) in [6, 6.07) is 20.2. The van der Waals surface area contributed by atoms with E-state index in [-0.39, 0.29) is 5.91 Å². The van der Waals surface area contributed by atoms with E-state index in [4.69, 9.17) is 20.9 Å². The monoisotopic (exact) mass is 392 g/mol. The Hall–Kier alpha value is -3.31. The molecule has 1 amide bonds. The Morgan fingerprint density at radius 2 is 1.93 bits per heavy atom. The van der Waals surface area contributed by atoms with E-state index in [2.05, 4.69) is 10.5 Å². The van der Waals surface area contributed by atoms with Gasteiger partial charge in [-0.2, -0.15) is 0 Å². The van der Waals surface area contributed by atoms with Crippen molar-refractivity contribution in [2.75, 3.05) is 7.11 Å². The summed E-state index contributed by atoms with van der Waals surface area (Å²) in [4.78, 5) is 12.6. The van der Waals surface area contributed by atoms with E-state index in [1.54, 1.807) is 37.4 Å². The molecule has 140 valence electrons. The molecule has 1 heterocycles. The van der Waals surface area contributed by atoms with Crippen LogP contribution in [0.1, 0.15) is 15.9 Å². The zero-order valence-corrected chi connectivity index (χ0v) is 15.9. The predicted molar refractivity (Wildman–Crippen MR) is 109 cm³/mol. The molecule has 0 bridgehead atoms. The number of ether oxygens (including phenoxy) is 1. The minimum Gasteiger partial charge on any atom is -0.497 e. The zero-order valence-electron chi connectivity index (χ0n) is 15.1.